The van der Waals surface area contributed by atoms with Gasteiger partial charge in [-0.1, -0.05) is 12.1 Å². The number of guanidine groups is 1. The van der Waals surface area contributed by atoms with Gasteiger partial charge in [0.25, 0.3) is 0 Å². The maximum Gasteiger partial charge on any atom is 0.191 e. The van der Waals surface area contributed by atoms with Crippen molar-refractivity contribution in [1.29, 1.82) is 0 Å². The first-order valence-electron chi connectivity index (χ1n) is 10.7. The van der Waals surface area contributed by atoms with E-state index in [1.165, 1.54) is 44.7 Å². The van der Waals surface area contributed by atoms with Crippen molar-refractivity contribution < 1.29 is 4.74 Å². The molecule has 6 heteroatoms. The maximum atomic E-state index is 5.97. The largest absolute Gasteiger partial charge is 0.489 e. The summed E-state index contributed by atoms with van der Waals surface area (Å²) in [4.78, 5) is 9.66. The molecule has 0 aromatic heterocycles. The lowest BCUT2D eigenvalue weighted by Gasteiger charge is -2.32. The Kier molecular flexibility index (Phi) is 10.1. The average molecular weight is 390 g/mol. The molecule has 0 radical (unpaired) electrons. The number of nitrogens with zero attached hydrogens (tertiary/aromatic N) is 3. The highest BCUT2D eigenvalue weighted by atomic mass is 16.5. The molecule has 6 nitrogen and oxygen atoms in total. The number of aliphatic imine (C=N–C) groups is 1. The summed E-state index contributed by atoms with van der Waals surface area (Å²) in [5.74, 6) is 1.78. The Labute approximate surface area is 171 Å². The van der Waals surface area contributed by atoms with E-state index in [1.807, 2.05) is 12.1 Å². The van der Waals surface area contributed by atoms with Crippen LogP contribution in [-0.4, -0.2) is 81.3 Å². The van der Waals surface area contributed by atoms with Crippen molar-refractivity contribution in [3.8, 4) is 5.75 Å². The van der Waals surface area contributed by atoms with E-state index in [0.29, 0.717) is 6.54 Å². The zero-order valence-corrected chi connectivity index (χ0v) is 18.2. The third-order valence-corrected chi connectivity index (χ3v) is 4.97. The van der Waals surface area contributed by atoms with Gasteiger partial charge in [-0.3, -0.25) is 0 Å². The quantitative estimate of drug-likeness (QED) is 0.365. The van der Waals surface area contributed by atoms with E-state index in [1.54, 1.807) is 0 Å². The summed E-state index contributed by atoms with van der Waals surface area (Å²) in [6.07, 6.45) is 2.42. The second-order valence-electron chi connectivity index (χ2n) is 7.74. The van der Waals surface area contributed by atoms with Crippen molar-refractivity contribution in [1.82, 2.24) is 20.4 Å². The maximum absolute atomic E-state index is 5.97. The Morgan fingerprint density at radius 2 is 1.96 bits per heavy atom. The van der Waals surface area contributed by atoms with Gasteiger partial charge in [0.05, 0.1) is 6.54 Å². The zero-order valence-electron chi connectivity index (χ0n) is 18.2. The molecule has 1 aliphatic rings. The highest BCUT2D eigenvalue weighted by molar-refractivity contribution is 5.79. The van der Waals surface area contributed by atoms with Crippen LogP contribution < -0.4 is 15.4 Å². The summed E-state index contributed by atoms with van der Waals surface area (Å²) < 4.78 is 5.97. The van der Waals surface area contributed by atoms with Crippen molar-refractivity contribution in [2.75, 3.05) is 59.4 Å². The van der Waals surface area contributed by atoms with Crippen LogP contribution in [0.2, 0.25) is 0 Å². The number of hydrogen-bond acceptors (Lipinski definition) is 4. The second kappa shape index (κ2) is 12.6. The number of piperazine rings is 1. The van der Waals surface area contributed by atoms with E-state index in [2.05, 4.69) is 65.4 Å². The Morgan fingerprint density at radius 1 is 1.18 bits per heavy atom. The first-order chi connectivity index (χ1) is 13.6. The molecule has 1 fully saturated rings. The molecule has 0 saturated carbocycles. The van der Waals surface area contributed by atoms with Crippen LogP contribution in [0.4, 0.5) is 0 Å². The van der Waals surface area contributed by atoms with E-state index in [0.717, 1.165) is 31.2 Å². The molecule has 1 aromatic carbocycles. The number of likely N-dealkylation sites (N-methyl/N-ethyl adjacent to an activating group) is 1. The predicted octanol–water partition coefficient (Wildman–Crippen LogP) is 2.35. The number of hydrogen-bond donors (Lipinski definition) is 2. The molecule has 0 aliphatic carbocycles. The fraction of sp³-hybridized carbons (Fsp3) is 0.682. The zero-order chi connectivity index (χ0) is 20.2. The minimum absolute atomic E-state index is 0.0366. The summed E-state index contributed by atoms with van der Waals surface area (Å²) in [5.41, 5.74) is 1.21. The van der Waals surface area contributed by atoms with Gasteiger partial charge >= 0.3 is 0 Å². The van der Waals surface area contributed by atoms with Crippen LogP contribution in [0, 0.1) is 6.92 Å². The van der Waals surface area contributed by atoms with Gasteiger partial charge in [-0.15, -0.1) is 0 Å². The fourth-order valence-electron chi connectivity index (χ4n) is 3.26. The molecule has 1 unspecified atom stereocenters. The van der Waals surface area contributed by atoms with Crippen LogP contribution in [0.25, 0.3) is 0 Å². The molecule has 0 bridgehead atoms. The van der Waals surface area contributed by atoms with Gasteiger partial charge in [0.2, 0.25) is 0 Å². The van der Waals surface area contributed by atoms with Gasteiger partial charge in [-0.25, -0.2) is 4.99 Å². The number of aryl methyl sites for hydroxylation is 1. The monoisotopic (exact) mass is 389 g/mol. The van der Waals surface area contributed by atoms with Crippen LogP contribution in [0.1, 0.15) is 32.3 Å². The predicted molar refractivity (Wildman–Crippen MR) is 118 cm³/mol. The normalized spacial score (nSPS) is 17.4. The fourth-order valence-corrected chi connectivity index (χ4v) is 3.26. The number of benzene rings is 1. The number of ether oxygens (including phenoxy) is 1. The van der Waals surface area contributed by atoms with E-state index >= 15 is 0 Å². The van der Waals surface area contributed by atoms with Gasteiger partial charge in [-0.05, 0) is 64.9 Å². The van der Waals surface area contributed by atoms with Crippen molar-refractivity contribution in [2.45, 2.75) is 39.7 Å². The summed E-state index contributed by atoms with van der Waals surface area (Å²) >= 11 is 0. The van der Waals surface area contributed by atoms with Crippen LogP contribution in [0.3, 0.4) is 0 Å². The van der Waals surface area contributed by atoms with Crippen molar-refractivity contribution in [2.24, 2.45) is 4.99 Å². The molecule has 2 N–H and O–H groups in total. The molecular formula is C22H39N5O. The van der Waals surface area contributed by atoms with Crippen LogP contribution in [-0.2, 0) is 0 Å². The van der Waals surface area contributed by atoms with E-state index in [-0.39, 0.29) is 6.10 Å². The molecule has 1 heterocycles. The molecule has 1 atom stereocenters. The van der Waals surface area contributed by atoms with E-state index in [4.69, 9.17) is 4.74 Å². The molecule has 1 saturated heterocycles. The standard InChI is InChI=1S/C22H39N5O/c1-5-23-22(24-11-6-7-12-27-15-13-26(4)14-16-27)25-18-20(3)28-21-10-8-9-19(2)17-21/h8-10,17,20H,5-7,11-16,18H2,1-4H3,(H2,23,24,25). The molecule has 158 valence electrons. The molecular weight excluding hydrogens is 350 g/mol. The minimum Gasteiger partial charge on any atom is -0.489 e. The third-order valence-electron chi connectivity index (χ3n) is 4.97. The first-order valence-corrected chi connectivity index (χ1v) is 10.7. The average Bonchev–Trinajstić information content (AvgIpc) is 2.67. The first kappa shape index (κ1) is 22.5. The lowest BCUT2D eigenvalue weighted by Crippen LogP contribution is -2.44. The van der Waals surface area contributed by atoms with E-state index in [9.17, 15) is 0 Å². The molecule has 2 rings (SSSR count). The van der Waals surface area contributed by atoms with Crippen LogP contribution >= 0.6 is 0 Å². The highest BCUT2D eigenvalue weighted by Gasteiger charge is 2.12. The Balaban J connectivity index is 1.65. The van der Waals surface area contributed by atoms with Crippen molar-refractivity contribution in [3.63, 3.8) is 0 Å². The summed E-state index contributed by atoms with van der Waals surface area (Å²) in [6.45, 7) is 14.7. The smallest absolute Gasteiger partial charge is 0.191 e. The Hall–Kier alpha value is -1.79. The van der Waals surface area contributed by atoms with Crippen LogP contribution in [0.15, 0.2) is 29.3 Å². The summed E-state index contributed by atoms with van der Waals surface area (Å²) in [7, 11) is 2.20. The lowest BCUT2D eigenvalue weighted by atomic mass is 10.2. The topological polar surface area (TPSA) is 52.1 Å². The summed E-state index contributed by atoms with van der Waals surface area (Å²) in [6, 6.07) is 8.15. The molecule has 0 spiro atoms. The van der Waals surface area contributed by atoms with Crippen LogP contribution in [0.5, 0.6) is 5.75 Å². The van der Waals surface area contributed by atoms with Gasteiger partial charge in [0, 0.05) is 39.3 Å². The van der Waals surface area contributed by atoms with Crippen molar-refractivity contribution in [3.05, 3.63) is 29.8 Å². The SMILES string of the molecule is CCNC(=NCC(C)Oc1cccc(C)c1)NCCCCN1CCN(C)CC1. The second-order valence-corrected chi connectivity index (χ2v) is 7.74. The Morgan fingerprint density at radius 3 is 2.68 bits per heavy atom. The third kappa shape index (κ3) is 8.93. The van der Waals surface area contributed by atoms with Gasteiger partial charge in [-0.2, -0.15) is 0 Å². The molecule has 1 aromatic rings. The molecule has 1 aliphatic heterocycles. The molecule has 0 amide bonds. The summed E-state index contributed by atoms with van der Waals surface area (Å²) in [5, 5.41) is 6.77. The van der Waals surface area contributed by atoms with Crippen molar-refractivity contribution >= 4 is 5.96 Å². The number of nitrogens with one attached hydrogen (secondary N) is 2. The highest BCUT2D eigenvalue weighted by Crippen LogP contribution is 2.14. The lowest BCUT2D eigenvalue weighted by molar-refractivity contribution is 0.152. The number of unbranched alkanes of at least 4 members (excludes halogenated alkanes) is 1. The van der Waals surface area contributed by atoms with Gasteiger partial charge in [0.15, 0.2) is 5.96 Å². The van der Waals surface area contributed by atoms with E-state index < -0.39 is 0 Å². The van der Waals surface area contributed by atoms with Gasteiger partial charge in [0.1, 0.15) is 11.9 Å². The Bertz CT molecular complexity index is 584. The minimum atomic E-state index is 0.0366. The molecule has 28 heavy (non-hydrogen) atoms. The van der Waals surface area contributed by atoms with Gasteiger partial charge < -0.3 is 25.2 Å². The number of rotatable bonds is 10.